The summed E-state index contributed by atoms with van der Waals surface area (Å²) in [6, 6.07) is 10.4. The number of piperidine rings is 1. The summed E-state index contributed by atoms with van der Waals surface area (Å²) in [6.07, 6.45) is 9.83. The van der Waals surface area contributed by atoms with Crippen LogP contribution in [0.15, 0.2) is 24.3 Å². The molecule has 2 N–H and O–H groups in total. The Morgan fingerprint density at radius 1 is 1.05 bits per heavy atom. The van der Waals surface area contributed by atoms with Gasteiger partial charge in [-0.15, -0.1) is 0 Å². The number of nitrogens with two attached hydrogens (primary N) is 1. The van der Waals surface area contributed by atoms with Gasteiger partial charge in [0, 0.05) is 18.6 Å². The molecule has 2 saturated carbocycles. The fourth-order valence-corrected chi connectivity index (χ4v) is 4.90. The fourth-order valence-electron chi connectivity index (χ4n) is 4.90. The van der Waals surface area contributed by atoms with E-state index in [1.807, 2.05) is 0 Å². The van der Waals surface area contributed by atoms with Crippen LogP contribution in [0.25, 0.3) is 0 Å². The second-order valence-electron chi connectivity index (χ2n) is 7.29. The Balaban J connectivity index is 1.65. The molecule has 3 atom stereocenters. The maximum absolute atomic E-state index is 6.27. The summed E-state index contributed by atoms with van der Waals surface area (Å²) in [5.74, 6) is 1.76. The molecule has 114 valence electrons. The minimum absolute atomic E-state index is 0.452. The molecule has 0 spiro atoms. The molecule has 1 heterocycles. The van der Waals surface area contributed by atoms with Crippen LogP contribution in [0.2, 0.25) is 0 Å². The molecule has 2 aliphatic carbocycles. The number of fused-ring (bicyclic) bond motifs is 1. The molecule has 0 aromatic heterocycles. The third-order valence-corrected chi connectivity index (χ3v) is 6.03. The molecule has 1 saturated heterocycles. The van der Waals surface area contributed by atoms with Crippen LogP contribution >= 0.6 is 0 Å². The van der Waals surface area contributed by atoms with E-state index in [1.165, 1.54) is 57.1 Å². The molecule has 3 aliphatic rings. The van der Waals surface area contributed by atoms with Crippen molar-refractivity contribution in [3.63, 3.8) is 0 Å². The highest BCUT2D eigenvalue weighted by Gasteiger charge is 2.39. The van der Waals surface area contributed by atoms with Crippen molar-refractivity contribution >= 4 is 0 Å². The zero-order valence-electron chi connectivity index (χ0n) is 13.0. The van der Waals surface area contributed by atoms with Crippen LogP contribution in [0.3, 0.4) is 0 Å². The van der Waals surface area contributed by atoms with E-state index in [9.17, 15) is 0 Å². The van der Waals surface area contributed by atoms with E-state index in [-0.39, 0.29) is 0 Å². The first-order valence-corrected chi connectivity index (χ1v) is 8.93. The van der Waals surface area contributed by atoms with Crippen LogP contribution in [0.5, 0.6) is 0 Å². The minimum Gasteiger partial charge on any atom is -0.329 e. The molecule has 21 heavy (non-hydrogen) atoms. The Labute approximate surface area is 128 Å². The van der Waals surface area contributed by atoms with Crippen LogP contribution in [-0.2, 0) is 0 Å². The van der Waals surface area contributed by atoms with E-state index in [4.69, 9.17) is 5.73 Å². The summed E-state index contributed by atoms with van der Waals surface area (Å²) in [4.78, 5) is 2.78. The molecule has 2 nitrogen and oxygen atoms in total. The average Bonchev–Trinajstić information content (AvgIpc) is 3.26. The molecule has 4 rings (SSSR count). The molecule has 0 radical (unpaired) electrons. The predicted octanol–water partition coefficient (Wildman–Crippen LogP) is 3.83. The first-order valence-electron chi connectivity index (χ1n) is 8.93. The minimum atomic E-state index is 0.452. The second kappa shape index (κ2) is 5.73. The average molecular weight is 284 g/mol. The van der Waals surface area contributed by atoms with E-state index in [1.54, 1.807) is 5.56 Å². The van der Waals surface area contributed by atoms with Crippen molar-refractivity contribution in [2.24, 2.45) is 11.7 Å². The molecule has 1 aliphatic heterocycles. The Morgan fingerprint density at radius 2 is 1.86 bits per heavy atom. The van der Waals surface area contributed by atoms with Gasteiger partial charge in [-0.3, -0.25) is 4.90 Å². The van der Waals surface area contributed by atoms with Gasteiger partial charge in [0.2, 0.25) is 0 Å². The summed E-state index contributed by atoms with van der Waals surface area (Å²) in [6.45, 7) is 2.02. The molecule has 2 heteroatoms. The summed E-state index contributed by atoms with van der Waals surface area (Å²) >= 11 is 0. The summed E-state index contributed by atoms with van der Waals surface area (Å²) in [7, 11) is 0. The third-order valence-electron chi connectivity index (χ3n) is 6.03. The van der Waals surface area contributed by atoms with E-state index in [0.717, 1.165) is 24.4 Å². The van der Waals surface area contributed by atoms with Gasteiger partial charge in [0.1, 0.15) is 0 Å². The first-order chi connectivity index (χ1) is 10.4. The van der Waals surface area contributed by atoms with Gasteiger partial charge >= 0.3 is 0 Å². The van der Waals surface area contributed by atoms with Crippen molar-refractivity contribution < 1.29 is 0 Å². The van der Waals surface area contributed by atoms with Crippen LogP contribution in [-0.4, -0.2) is 24.0 Å². The number of benzene rings is 1. The largest absolute Gasteiger partial charge is 0.329 e. The van der Waals surface area contributed by atoms with Gasteiger partial charge in [-0.05, 0) is 68.0 Å². The fraction of sp³-hybridized carbons (Fsp3) is 0.684. The van der Waals surface area contributed by atoms with Crippen molar-refractivity contribution in [1.29, 1.82) is 0 Å². The van der Waals surface area contributed by atoms with Crippen LogP contribution in [0.4, 0.5) is 0 Å². The Kier molecular flexibility index (Phi) is 3.76. The van der Waals surface area contributed by atoms with E-state index in [0.29, 0.717) is 6.04 Å². The molecular formula is C19H28N2. The van der Waals surface area contributed by atoms with Crippen LogP contribution < -0.4 is 5.73 Å². The summed E-state index contributed by atoms with van der Waals surface area (Å²) in [5, 5.41) is 0. The van der Waals surface area contributed by atoms with Gasteiger partial charge in [-0.1, -0.05) is 30.7 Å². The number of rotatable bonds is 4. The lowest BCUT2D eigenvalue weighted by atomic mass is 9.88. The summed E-state index contributed by atoms with van der Waals surface area (Å²) < 4.78 is 0. The molecule has 0 bridgehead atoms. The van der Waals surface area contributed by atoms with Crippen molar-refractivity contribution in [2.45, 2.75) is 62.9 Å². The molecule has 1 aromatic carbocycles. The highest BCUT2D eigenvalue weighted by molar-refractivity contribution is 5.36. The van der Waals surface area contributed by atoms with E-state index >= 15 is 0 Å². The quantitative estimate of drug-likeness (QED) is 0.910. The normalized spacial score (nSPS) is 31.1. The lowest BCUT2D eigenvalue weighted by Crippen LogP contribution is -2.47. The zero-order valence-corrected chi connectivity index (χ0v) is 13.0. The van der Waals surface area contributed by atoms with Gasteiger partial charge in [-0.2, -0.15) is 0 Å². The zero-order chi connectivity index (χ0) is 14.2. The highest BCUT2D eigenvalue weighted by atomic mass is 15.2. The molecular weight excluding hydrogens is 256 g/mol. The van der Waals surface area contributed by atoms with E-state index < -0.39 is 0 Å². The van der Waals surface area contributed by atoms with E-state index in [2.05, 4.69) is 29.2 Å². The summed E-state index contributed by atoms with van der Waals surface area (Å²) in [5.41, 5.74) is 9.39. The first kappa shape index (κ1) is 13.8. The van der Waals surface area contributed by atoms with Gasteiger partial charge in [-0.25, -0.2) is 0 Å². The second-order valence-corrected chi connectivity index (χ2v) is 7.29. The topological polar surface area (TPSA) is 29.3 Å². The van der Waals surface area contributed by atoms with Gasteiger partial charge in [0.05, 0.1) is 0 Å². The molecule has 1 aromatic rings. The highest BCUT2D eigenvalue weighted by Crippen LogP contribution is 2.46. The van der Waals surface area contributed by atoms with Crippen molar-refractivity contribution in [3.8, 4) is 0 Å². The van der Waals surface area contributed by atoms with Crippen molar-refractivity contribution in [3.05, 3.63) is 35.4 Å². The lowest BCUT2D eigenvalue weighted by molar-refractivity contribution is 0.0697. The monoisotopic (exact) mass is 284 g/mol. The number of hydrogen-bond acceptors (Lipinski definition) is 2. The van der Waals surface area contributed by atoms with Crippen molar-refractivity contribution in [2.75, 3.05) is 13.1 Å². The predicted molar refractivity (Wildman–Crippen MR) is 87.3 cm³/mol. The SMILES string of the molecule is NCC(c1ccccc1C1CC1)N1CCCC2CCCC21. The number of nitrogens with zero attached hydrogens (tertiary/aromatic N) is 1. The maximum Gasteiger partial charge on any atom is 0.0476 e. The molecule has 0 amide bonds. The number of hydrogen-bond donors (Lipinski definition) is 1. The Morgan fingerprint density at radius 3 is 2.67 bits per heavy atom. The standard InChI is InChI=1S/C19H28N2/c20-13-19(17-8-2-1-7-16(17)14-10-11-14)21-12-4-6-15-5-3-9-18(15)21/h1-2,7-8,14-15,18-19H,3-6,9-13,20H2. The third kappa shape index (κ3) is 2.53. The lowest BCUT2D eigenvalue weighted by Gasteiger charge is -2.43. The van der Waals surface area contributed by atoms with Crippen LogP contribution in [0, 0.1) is 5.92 Å². The number of likely N-dealkylation sites (tertiary alicyclic amines) is 1. The van der Waals surface area contributed by atoms with Crippen LogP contribution in [0.1, 0.15) is 68.0 Å². The van der Waals surface area contributed by atoms with Gasteiger partial charge in [0.25, 0.3) is 0 Å². The Hall–Kier alpha value is -0.860. The van der Waals surface area contributed by atoms with Gasteiger partial charge in [0.15, 0.2) is 0 Å². The van der Waals surface area contributed by atoms with Crippen molar-refractivity contribution in [1.82, 2.24) is 4.90 Å². The maximum atomic E-state index is 6.27. The molecule has 3 fully saturated rings. The Bertz CT molecular complexity index is 494. The van der Waals surface area contributed by atoms with Gasteiger partial charge < -0.3 is 5.73 Å². The molecule has 3 unspecified atom stereocenters. The smallest absolute Gasteiger partial charge is 0.0476 e.